The van der Waals surface area contributed by atoms with Crippen LogP contribution in [0.25, 0.3) is 87.6 Å². The van der Waals surface area contributed by atoms with Crippen molar-refractivity contribution < 1.29 is 0 Å². The molecule has 0 nitrogen and oxygen atoms in total. The van der Waals surface area contributed by atoms with Crippen molar-refractivity contribution in [1.82, 2.24) is 0 Å². The Morgan fingerprint density at radius 1 is 0.196 bits per heavy atom. The van der Waals surface area contributed by atoms with Crippen molar-refractivity contribution in [3.05, 3.63) is 182 Å². The molecule has 9 aromatic carbocycles. The fourth-order valence-corrected chi connectivity index (χ4v) is 7.06. The molecule has 0 aliphatic carbocycles. The van der Waals surface area contributed by atoms with Crippen LogP contribution in [0.4, 0.5) is 0 Å². The van der Waals surface area contributed by atoms with Gasteiger partial charge in [-0.15, -0.1) is 0 Å². The van der Waals surface area contributed by atoms with E-state index in [1.165, 1.54) is 87.6 Å². The van der Waals surface area contributed by atoms with Crippen molar-refractivity contribution >= 4 is 43.1 Å². The molecule has 0 heterocycles. The molecule has 0 spiro atoms. The van der Waals surface area contributed by atoms with E-state index in [1.54, 1.807) is 0 Å². The summed E-state index contributed by atoms with van der Waals surface area (Å²) in [5.74, 6) is 0. The molecule has 9 aromatic rings. The highest BCUT2D eigenvalue weighted by atomic mass is 14.1. The van der Waals surface area contributed by atoms with E-state index in [0.29, 0.717) is 0 Å². The summed E-state index contributed by atoms with van der Waals surface area (Å²) < 4.78 is 0. The standard InChI is InChI=1S/C46H30/c1-3-11-41-35(8-1)10-7-15-42(41)39-27-23-34-22-26-37(28-40(34)29-39)33-18-16-31(17-19-33)32-20-24-36(25-21-32)46-30-38-9-2-4-12-43(38)44-13-5-6-14-45(44)46/h1-30H. The van der Waals surface area contributed by atoms with Crippen LogP contribution in [0.2, 0.25) is 0 Å². The molecule has 0 atom stereocenters. The predicted octanol–water partition coefficient (Wildman–Crippen LogP) is 13.0. The van der Waals surface area contributed by atoms with Gasteiger partial charge in [-0.2, -0.15) is 0 Å². The van der Waals surface area contributed by atoms with Gasteiger partial charge < -0.3 is 0 Å². The second-order valence-corrected chi connectivity index (χ2v) is 12.1. The van der Waals surface area contributed by atoms with Gasteiger partial charge in [0, 0.05) is 0 Å². The normalized spacial score (nSPS) is 11.5. The van der Waals surface area contributed by atoms with Crippen LogP contribution >= 0.6 is 0 Å². The second kappa shape index (κ2) is 10.9. The lowest BCUT2D eigenvalue weighted by Gasteiger charge is -2.12. The quantitative estimate of drug-likeness (QED) is 0.181. The SMILES string of the molecule is c1ccc2c(-c3ccc4ccc(-c5ccc(-c6ccc(-c7cc8ccccc8c8ccccc78)cc6)cc5)cc4c3)cccc2c1. The third-order valence-electron chi connectivity index (χ3n) is 9.46. The molecule has 0 aliphatic heterocycles. The maximum absolute atomic E-state index is 2.33. The highest BCUT2D eigenvalue weighted by molar-refractivity contribution is 6.13. The molecule has 214 valence electrons. The molecular weight excluding hydrogens is 553 g/mol. The lowest BCUT2D eigenvalue weighted by Crippen LogP contribution is -1.86. The van der Waals surface area contributed by atoms with Gasteiger partial charge in [0.1, 0.15) is 0 Å². The molecule has 0 saturated carbocycles. The zero-order valence-corrected chi connectivity index (χ0v) is 25.3. The molecule has 0 amide bonds. The minimum absolute atomic E-state index is 1.22. The molecule has 0 unspecified atom stereocenters. The van der Waals surface area contributed by atoms with E-state index in [1.807, 2.05) is 0 Å². The minimum atomic E-state index is 1.22. The Morgan fingerprint density at radius 2 is 0.696 bits per heavy atom. The van der Waals surface area contributed by atoms with E-state index >= 15 is 0 Å². The first-order valence-electron chi connectivity index (χ1n) is 15.9. The topological polar surface area (TPSA) is 0 Å². The first-order chi connectivity index (χ1) is 22.8. The van der Waals surface area contributed by atoms with Crippen molar-refractivity contribution in [2.24, 2.45) is 0 Å². The predicted molar refractivity (Wildman–Crippen MR) is 198 cm³/mol. The molecule has 0 N–H and O–H groups in total. The van der Waals surface area contributed by atoms with Gasteiger partial charge in [0.25, 0.3) is 0 Å². The first-order valence-corrected chi connectivity index (χ1v) is 15.9. The van der Waals surface area contributed by atoms with E-state index in [2.05, 4.69) is 182 Å². The molecule has 0 saturated heterocycles. The van der Waals surface area contributed by atoms with Crippen LogP contribution in [-0.2, 0) is 0 Å². The molecular formula is C46H30. The van der Waals surface area contributed by atoms with E-state index in [4.69, 9.17) is 0 Å². The fraction of sp³-hybridized carbons (Fsp3) is 0. The molecule has 0 heteroatoms. The van der Waals surface area contributed by atoms with Gasteiger partial charge in [0.15, 0.2) is 0 Å². The van der Waals surface area contributed by atoms with Crippen LogP contribution in [0.5, 0.6) is 0 Å². The number of fused-ring (bicyclic) bond motifs is 5. The van der Waals surface area contributed by atoms with Crippen LogP contribution in [0.3, 0.4) is 0 Å². The van der Waals surface area contributed by atoms with Gasteiger partial charge >= 0.3 is 0 Å². The summed E-state index contributed by atoms with van der Waals surface area (Å²) in [6.45, 7) is 0. The summed E-state index contributed by atoms with van der Waals surface area (Å²) in [4.78, 5) is 0. The molecule has 46 heavy (non-hydrogen) atoms. The van der Waals surface area contributed by atoms with Gasteiger partial charge in [-0.25, -0.2) is 0 Å². The number of rotatable bonds is 4. The van der Waals surface area contributed by atoms with Gasteiger partial charge in [-0.1, -0.05) is 164 Å². The summed E-state index contributed by atoms with van der Waals surface area (Å²) in [6, 6.07) is 66.5. The maximum Gasteiger partial charge on any atom is -0.00990 e. The largest absolute Gasteiger partial charge is 0.0616 e. The first kappa shape index (κ1) is 26.4. The summed E-state index contributed by atoms with van der Waals surface area (Å²) in [7, 11) is 0. The lowest BCUT2D eigenvalue weighted by molar-refractivity contribution is 1.59. The van der Waals surface area contributed by atoms with Crippen molar-refractivity contribution in [2.45, 2.75) is 0 Å². The monoisotopic (exact) mass is 582 g/mol. The second-order valence-electron chi connectivity index (χ2n) is 12.1. The molecule has 0 aromatic heterocycles. The van der Waals surface area contributed by atoms with Crippen LogP contribution in [-0.4, -0.2) is 0 Å². The summed E-state index contributed by atoms with van der Waals surface area (Å²) >= 11 is 0. The summed E-state index contributed by atoms with van der Waals surface area (Å²) in [6.07, 6.45) is 0. The average Bonchev–Trinajstić information content (AvgIpc) is 3.14. The Labute approximate surface area is 268 Å². The van der Waals surface area contributed by atoms with E-state index in [-0.39, 0.29) is 0 Å². The third-order valence-corrected chi connectivity index (χ3v) is 9.46. The van der Waals surface area contributed by atoms with Gasteiger partial charge in [-0.05, 0) is 106 Å². The van der Waals surface area contributed by atoms with Gasteiger partial charge in [0.05, 0.1) is 0 Å². The molecule has 0 fully saturated rings. The highest BCUT2D eigenvalue weighted by Crippen LogP contribution is 2.37. The van der Waals surface area contributed by atoms with E-state index in [0.717, 1.165) is 0 Å². The average molecular weight is 583 g/mol. The maximum atomic E-state index is 2.33. The fourth-order valence-electron chi connectivity index (χ4n) is 7.06. The van der Waals surface area contributed by atoms with Gasteiger partial charge in [0.2, 0.25) is 0 Å². The Hall–Kier alpha value is -5.98. The Morgan fingerprint density at radius 3 is 1.43 bits per heavy atom. The van der Waals surface area contributed by atoms with Crippen molar-refractivity contribution in [3.8, 4) is 44.5 Å². The summed E-state index contributed by atoms with van der Waals surface area (Å²) in [5, 5.41) is 10.2. The molecule has 0 radical (unpaired) electrons. The number of benzene rings is 9. The summed E-state index contributed by atoms with van der Waals surface area (Å²) in [5.41, 5.74) is 9.92. The van der Waals surface area contributed by atoms with Crippen molar-refractivity contribution in [3.63, 3.8) is 0 Å². The smallest absolute Gasteiger partial charge is 0.00990 e. The lowest BCUT2D eigenvalue weighted by atomic mass is 9.92. The van der Waals surface area contributed by atoms with E-state index < -0.39 is 0 Å². The Balaban J connectivity index is 1.02. The Kier molecular flexibility index (Phi) is 6.25. The van der Waals surface area contributed by atoms with Crippen molar-refractivity contribution in [2.75, 3.05) is 0 Å². The van der Waals surface area contributed by atoms with E-state index in [9.17, 15) is 0 Å². The van der Waals surface area contributed by atoms with Crippen LogP contribution in [0.15, 0.2) is 182 Å². The zero-order valence-electron chi connectivity index (χ0n) is 25.3. The van der Waals surface area contributed by atoms with Gasteiger partial charge in [-0.3, -0.25) is 0 Å². The number of hydrogen-bond acceptors (Lipinski definition) is 0. The highest BCUT2D eigenvalue weighted by Gasteiger charge is 2.10. The zero-order chi connectivity index (χ0) is 30.5. The number of hydrogen-bond donors (Lipinski definition) is 0. The van der Waals surface area contributed by atoms with Crippen molar-refractivity contribution in [1.29, 1.82) is 0 Å². The Bertz CT molecular complexity index is 2550. The molecule has 0 aliphatic rings. The minimum Gasteiger partial charge on any atom is -0.0616 e. The van der Waals surface area contributed by atoms with Crippen LogP contribution in [0.1, 0.15) is 0 Å². The van der Waals surface area contributed by atoms with Crippen LogP contribution < -0.4 is 0 Å². The molecule has 0 bridgehead atoms. The van der Waals surface area contributed by atoms with Crippen LogP contribution in [0, 0.1) is 0 Å². The molecule has 9 rings (SSSR count). The third kappa shape index (κ3) is 4.55.